The minimum absolute atomic E-state index is 0.0716. The molecule has 13 heteroatoms. The average molecular weight is 597 g/mol. The minimum Gasteiger partial charge on any atom is -0.388 e. The van der Waals surface area contributed by atoms with Gasteiger partial charge in [0.1, 0.15) is 45.7 Å². The van der Waals surface area contributed by atoms with Crippen LogP contribution in [0.2, 0.25) is 0 Å². The summed E-state index contributed by atoms with van der Waals surface area (Å²) in [6.45, 7) is 1.38. The molecule has 0 bridgehead atoms. The Labute approximate surface area is 230 Å². The van der Waals surface area contributed by atoms with Gasteiger partial charge >= 0.3 is 0 Å². The molecule has 10 nitrogen and oxygen atoms in total. The highest BCUT2D eigenvalue weighted by Gasteiger charge is 2.40. The Morgan fingerprint density at radius 2 is 1.97 bits per heavy atom. The van der Waals surface area contributed by atoms with Crippen LogP contribution in [0.15, 0.2) is 53.4 Å². The molecular weight excluding hydrogens is 575 g/mol. The molecule has 0 spiro atoms. The number of likely N-dealkylation sites (tertiary alicyclic amines) is 1. The van der Waals surface area contributed by atoms with Gasteiger partial charge in [0, 0.05) is 29.8 Å². The largest absolute Gasteiger partial charge is 0.388 e. The van der Waals surface area contributed by atoms with Crippen molar-refractivity contribution in [1.82, 2.24) is 29.6 Å². The fraction of sp³-hybridized carbons (Fsp3) is 0.240. The fourth-order valence-corrected chi connectivity index (χ4v) is 4.91. The number of nitrogens with zero attached hydrogens (tertiary/aromatic N) is 6. The standard InChI is InChI=1S/C25H22BrFN8O2S/c1-13-29-9-15(10-30-13)14-5-6-18-17(7-14)23(24(28)38)33-35(18)12-22(36)34-11-16(27)8-19(34)25(37)32-21-4-2-3-20(26)31-21/h2-7,9-10,16,19H,8,11-12H2,1H3,(H2,28,38)(H,31,32,37)/t16-,19+/m1/s1. The lowest BCUT2D eigenvalue weighted by molar-refractivity contribution is -0.137. The van der Waals surface area contributed by atoms with Crippen LogP contribution < -0.4 is 11.1 Å². The molecule has 4 aromatic rings. The number of benzene rings is 1. The van der Waals surface area contributed by atoms with Crippen molar-refractivity contribution in [3.05, 3.63) is 64.9 Å². The predicted octanol–water partition coefficient (Wildman–Crippen LogP) is 3.17. The van der Waals surface area contributed by atoms with E-state index < -0.39 is 24.0 Å². The first kappa shape index (κ1) is 25.8. The van der Waals surface area contributed by atoms with E-state index in [4.69, 9.17) is 18.0 Å². The Kier molecular flexibility index (Phi) is 7.13. The van der Waals surface area contributed by atoms with Gasteiger partial charge in [-0.25, -0.2) is 19.3 Å². The number of hydrogen-bond acceptors (Lipinski definition) is 7. The van der Waals surface area contributed by atoms with Crippen LogP contribution in [-0.2, 0) is 16.1 Å². The third-order valence-electron chi connectivity index (χ3n) is 6.22. The zero-order valence-electron chi connectivity index (χ0n) is 20.1. The number of alkyl halides is 1. The number of hydrogen-bond donors (Lipinski definition) is 2. The number of amides is 2. The Morgan fingerprint density at radius 1 is 1.21 bits per heavy atom. The van der Waals surface area contributed by atoms with E-state index in [1.165, 1.54) is 9.58 Å². The zero-order chi connectivity index (χ0) is 27.0. The van der Waals surface area contributed by atoms with Crippen molar-refractivity contribution in [2.24, 2.45) is 5.73 Å². The van der Waals surface area contributed by atoms with E-state index in [1.807, 2.05) is 12.1 Å². The Hall–Kier alpha value is -3.84. The molecule has 0 unspecified atom stereocenters. The van der Waals surface area contributed by atoms with Gasteiger partial charge in [-0.15, -0.1) is 0 Å². The van der Waals surface area contributed by atoms with Gasteiger partial charge in [0.2, 0.25) is 11.8 Å². The normalized spacial score (nSPS) is 17.1. The molecule has 1 saturated heterocycles. The predicted molar refractivity (Wildman–Crippen MR) is 147 cm³/mol. The summed E-state index contributed by atoms with van der Waals surface area (Å²) >= 11 is 8.46. The van der Waals surface area contributed by atoms with Gasteiger partial charge in [-0.3, -0.25) is 14.3 Å². The van der Waals surface area contributed by atoms with E-state index in [0.29, 0.717) is 32.8 Å². The number of aryl methyl sites for hydroxylation is 1. The number of thiocarbonyl (C=S) groups is 1. The van der Waals surface area contributed by atoms with Crippen molar-refractivity contribution in [1.29, 1.82) is 0 Å². The van der Waals surface area contributed by atoms with Gasteiger partial charge in [-0.05, 0) is 52.7 Å². The molecule has 1 fully saturated rings. The van der Waals surface area contributed by atoms with Gasteiger partial charge in [0.05, 0.1) is 12.1 Å². The quantitative estimate of drug-likeness (QED) is 0.256. The van der Waals surface area contributed by atoms with Crippen molar-refractivity contribution in [2.75, 3.05) is 11.9 Å². The number of nitrogens with two attached hydrogens (primary N) is 1. The van der Waals surface area contributed by atoms with E-state index in [-0.39, 0.29) is 24.5 Å². The molecule has 0 aliphatic carbocycles. The van der Waals surface area contributed by atoms with Crippen LogP contribution in [0, 0.1) is 6.92 Å². The van der Waals surface area contributed by atoms with Crippen LogP contribution in [0.4, 0.5) is 10.2 Å². The molecule has 1 aliphatic heterocycles. The highest BCUT2D eigenvalue weighted by molar-refractivity contribution is 9.10. The lowest BCUT2D eigenvalue weighted by Crippen LogP contribution is -2.44. The Morgan fingerprint density at radius 3 is 2.68 bits per heavy atom. The maximum absolute atomic E-state index is 14.4. The van der Waals surface area contributed by atoms with Crippen molar-refractivity contribution in [3.63, 3.8) is 0 Å². The topological polar surface area (TPSA) is 132 Å². The van der Waals surface area contributed by atoms with Crippen LogP contribution in [0.5, 0.6) is 0 Å². The number of carbonyl (C=O) groups excluding carboxylic acids is 2. The summed E-state index contributed by atoms with van der Waals surface area (Å²) in [5.74, 6) is -0.0130. The van der Waals surface area contributed by atoms with Crippen molar-refractivity contribution >= 4 is 61.7 Å². The highest BCUT2D eigenvalue weighted by Crippen LogP contribution is 2.28. The molecule has 194 valence electrons. The number of fused-ring (bicyclic) bond motifs is 1. The summed E-state index contributed by atoms with van der Waals surface area (Å²) in [5.41, 5.74) is 8.55. The fourth-order valence-electron chi connectivity index (χ4n) is 4.42. The van der Waals surface area contributed by atoms with Gasteiger partial charge in [0.25, 0.3) is 0 Å². The number of nitrogens with one attached hydrogen (secondary N) is 1. The number of carbonyl (C=O) groups is 2. The maximum atomic E-state index is 14.4. The van der Waals surface area contributed by atoms with Gasteiger partial charge in [-0.1, -0.05) is 24.4 Å². The maximum Gasteiger partial charge on any atom is 0.248 e. The number of anilines is 1. The van der Waals surface area contributed by atoms with Crippen LogP contribution in [-0.4, -0.2) is 65.2 Å². The second-order valence-electron chi connectivity index (χ2n) is 8.85. The third kappa shape index (κ3) is 5.24. The molecule has 3 N–H and O–H groups in total. The summed E-state index contributed by atoms with van der Waals surface area (Å²) < 4.78 is 16.4. The highest BCUT2D eigenvalue weighted by atomic mass is 79.9. The Bertz CT molecular complexity index is 1560. The van der Waals surface area contributed by atoms with E-state index >= 15 is 0 Å². The first-order valence-corrected chi connectivity index (χ1v) is 12.9. The minimum atomic E-state index is -1.33. The van der Waals surface area contributed by atoms with E-state index in [1.54, 1.807) is 43.6 Å². The van der Waals surface area contributed by atoms with Crippen LogP contribution >= 0.6 is 28.1 Å². The number of rotatable bonds is 6. The molecule has 2 amide bonds. The second kappa shape index (κ2) is 10.5. The number of pyridine rings is 1. The molecule has 2 atom stereocenters. The molecule has 3 aromatic heterocycles. The van der Waals surface area contributed by atoms with E-state index in [9.17, 15) is 14.0 Å². The number of halogens is 2. The summed E-state index contributed by atoms with van der Waals surface area (Å²) in [6, 6.07) is 9.58. The van der Waals surface area contributed by atoms with E-state index in [0.717, 1.165) is 11.1 Å². The zero-order valence-corrected chi connectivity index (χ0v) is 22.5. The van der Waals surface area contributed by atoms with Gasteiger partial charge < -0.3 is 16.0 Å². The third-order valence-corrected chi connectivity index (χ3v) is 6.86. The van der Waals surface area contributed by atoms with Crippen molar-refractivity contribution < 1.29 is 14.0 Å². The molecule has 5 rings (SSSR count). The number of aromatic nitrogens is 5. The van der Waals surface area contributed by atoms with Crippen LogP contribution in [0.3, 0.4) is 0 Å². The summed E-state index contributed by atoms with van der Waals surface area (Å²) in [7, 11) is 0. The smallest absolute Gasteiger partial charge is 0.248 e. The summed E-state index contributed by atoms with van der Waals surface area (Å²) in [6.07, 6.45) is 2.00. The molecule has 0 saturated carbocycles. The molecule has 38 heavy (non-hydrogen) atoms. The molecule has 1 aromatic carbocycles. The van der Waals surface area contributed by atoms with Gasteiger partial charge in [0.15, 0.2) is 0 Å². The molecule has 4 heterocycles. The SMILES string of the molecule is Cc1ncc(-c2ccc3c(c2)c(C(N)=S)nn3CC(=O)N2C[C@H](F)C[C@H]2C(=O)Nc2cccc(Br)n2)cn1. The molecular formula is C25H22BrFN8O2S. The monoisotopic (exact) mass is 596 g/mol. The first-order chi connectivity index (χ1) is 18.2. The van der Waals surface area contributed by atoms with Crippen LogP contribution in [0.25, 0.3) is 22.0 Å². The van der Waals surface area contributed by atoms with Crippen molar-refractivity contribution in [3.8, 4) is 11.1 Å². The molecule has 1 aliphatic rings. The second-order valence-corrected chi connectivity index (χ2v) is 10.1. The lowest BCUT2D eigenvalue weighted by atomic mass is 10.1. The molecule has 0 radical (unpaired) electrons. The average Bonchev–Trinajstić information content (AvgIpc) is 3.45. The Balaban J connectivity index is 1.41. The van der Waals surface area contributed by atoms with Crippen LogP contribution in [0.1, 0.15) is 17.9 Å². The summed E-state index contributed by atoms with van der Waals surface area (Å²) in [5, 5.41) is 7.79. The first-order valence-electron chi connectivity index (χ1n) is 11.7. The van der Waals surface area contributed by atoms with Gasteiger partial charge in [-0.2, -0.15) is 5.10 Å². The lowest BCUT2D eigenvalue weighted by Gasteiger charge is -2.23. The summed E-state index contributed by atoms with van der Waals surface area (Å²) in [4.78, 5) is 40.2. The van der Waals surface area contributed by atoms with Crippen molar-refractivity contribution in [2.45, 2.75) is 32.1 Å². The van der Waals surface area contributed by atoms with E-state index in [2.05, 4.69) is 41.3 Å².